The van der Waals surface area contributed by atoms with Crippen molar-refractivity contribution in [3.63, 3.8) is 0 Å². The Morgan fingerprint density at radius 3 is 2.17 bits per heavy atom. The van der Waals surface area contributed by atoms with E-state index < -0.39 is 0 Å². The molecule has 6 heteroatoms. The number of hydrogen-bond donors (Lipinski definition) is 2. The Morgan fingerprint density at radius 2 is 1.48 bits per heavy atom. The molecule has 6 nitrogen and oxygen atoms in total. The molecule has 0 saturated heterocycles. The van der Waals surface area contributed by atoms with Crippen molar-refractivity contribution in [2.24, 2.45) is 0 Å². The van der Waals surface area contributed by atoms with Gasteiger partial charge in [-0.05, 0) is 32.1 Å². The molecule has 0 spiro atoms. The van der Waals surface area contributed by atoms with E-state index in [4.69, 9.17) is 14.2 Å². The minimum atomic E-state index is -0.0229. The van der Waals surface area contributed by atoms with E-state index in [1.165, 1.54) is 0 Å². The molecular weight excluding hydrogens is 368 g/mol. The predicted octanol–water partition coefficient (Wildman–Crippen LogP) is 3.27. The third-order valence-electron chi connectivity index (χ3n) is 4.72. The predicted molar refractivity (Wildman–Crippen MR) is 115 cm³/mol. The van der Waals surface area contributed by atoms with E-state index in [2.05, 4.69) is 24.5 Å². The number of carbonyl (C=O) groups is 1. The monoisotopic (exact) mass is 398 g/mol. The highest BCUT2D eigenvalue weighted by atomic mass is 16.5. The number of benzene rings is 2. The lowest BCUT2D eigenvalue weighted by Gasteiger charge is -2.15. The summed E-state index contributed by atoms with van der Waals surface area (Å²) in [7, 11) is 0. The average Bonchev–Trinajstić information content (AvgIpc) is 3.02. The fourth-order valence-electron chi connectivity index (χ4n) is 3.45. The van der Waals surface area contributed by atoms with Gasteiger partial charge in [-0.2, -0.15) is 0 Å². The van der Waals surface area contributed by atoms with Crippen LogP contribution >= 0.6 is 0 Å². The molecule has 0 heterocycles. The second-order valence-corrected chi connectivity index (χ2v) is 6.69. The standard InChI is InChI=1S/C23H30N2O4/c1-4-24-10-12-28-16-14-18-22(20(15-16)27-6-3)21-17(23(18)26)8-7-9-19(21)29-13-11-25-5-2/h7-9,14-15,24-25H,4-6,10-13H2,1-3H3. The van der Waals surface area contributed by atoms with Crippen LogP contribution in [0.15, 0.2) is 30.3 Å². The molecule has 0 fully saturated rings. The minimum Gasteiger partial charge on any atom is -0.493 e. The maximum atomic E-state index is 13.1. The first-order valence-electron chi connectivity index (χ1n) is 10.4. The number of ether oxygens (including phenoxy) is 3. The van der Waals surface area contributed by atoms with E-state index in [0.717, 1.165) is 37.3 Å². The molecule has 0 bridgehead atoms. The first-order valence-corrected chi connectivity index (χ1v) is 10.4. The molecule has 0 atom stereocenters. The molecule has 0 amide bonds. The van der Waals surface area contributed by atoms with Gasteiger partial charge in [0.1, 0.15) is 30.5 Å². The number of likely N-dealkylation sites (N-methyl/N-ethyl adjacent to an activating group) is 2. The largest absolute Gasteiger partial charge is 0.493 e. The van der Waals surface area contributed by atoms with Crippen molar-refractivity contribution >= 4 is 5.78 Å². The Hall–Kier alpha value is -2.57. The number of ketones is 1. The summed E-state index contributed by atoms with van der Waals surface area (Å²) in [6.07, 6.45) is 0. The highest BCUT2D eigenvalue weighted by molar-refractivity contribution is 6.23. The molecule has 0 saturated carbocycles. The molecule has 1 aliphatic rings. The zero-order valence-corrected chi connectivity index (χ0v) is 17.5. The van der Waals surface area contributed by atoms with Crippen molar-refractivity contribution in [2.75, 3.05) is 46.0 Å². The summed E-state index contributed by atoms with van der Waals surface area (Å²) in [6.45, 7) is 10.9. The van der Waals surface area contributed by atoms with E-state index >= 15 is 0 Å². The topological polar surface area (TPSA) is 68.8 Å². The summed E-state index contributed by atoms with van der Waals surface area (Å²) < 4.78 is 17.8. The van der Waals surface area contributed by atoms with Gasteiger partial charge in [0.05, 0.1) is 6.61 Å². The summed E-state index contributed by atoms with van der Waals surface area (Å²) in [5.74, 6) is 1.97. The molecule has 1 aliphatic carbocycles. The molecular formula is C23H30N2O4. The van der Waals surface area contributed by atoms with Gasteiger partial charge in [0, 0.05) is 41.4 Å². The van der Waals surface area contributed by atoms with Crippen LogP contribution in [0.25, 0.3) is 11.1 Å². The molecule has 2 aromatic rings. The summed E-state index contributed by atoms with van der Waals surface area (Å²) in [5.41, 5.74) is 2.86. The first kappa shape index (κ1) is 21.1. The van der Waals surface area contributed by atoms with Crippen LogP contribution < -0.4 is 24.8 Å². The molecule has 3 rings (SSSR count). The summed E-state index contributed by atoms with van der Waals surface area (Å²) in [4.78, 5) is 13.1. The Bertz CT molecular complexity index is 851. The summed E-state index contributed by atoms with van der Waals surface area (Å²) in [5, 5.41) is 6.47. The zero-order valence-electron chi connectivity index (χ0n) is 17.5. The Morgan fingerprint density at radius 1 is 0.793 bits per heavy atom. The fourth-order valence-corrected chi connectivity index (χ4v) is 3.45. The lowest BCUT2D eigenvalue weighted by Crippen LogP contribution is -2.20. The summed E-state index contributed by atoms with van der Waals surface area (Å²) in [6, 6.07) is 9.29. The molecule has 2 N–H and O–H groups in total. The number of hydrogen-bond acceptors (Lipinski definition) is 6. The first-order chi connectivity index (χ1) is 14.2. The quantitative estimate of drug-likeness (QED) is 0.457. The van der Waals surface area contributed by atoms with Crippen molar-refractivity contribution in [1.29, 1.82) is 0 Å². The average molecular weight is 399 g/mol. The van der Waals surface area contributed by atoms with Gasteiger partial charge in [-0.15, -0.1) is 0 Å². The number of nitrogens with one attached hydrogen (secondary N) is 2. The highest BCUT2D eigenvalue weighted by Crippen LogP contribution is 2.48. The third-order valence-corrected chi connectivity index (χ3v) is 4.72. The van der Waals surface area contributed by atoms with Crippen LogP contribution in [-0.4, -0.2) is 51.8 Å². The van der Waals surface area contributed by atoms with Gasteiger partial charge < -0.3 is 24.8 Å². The normalized spacial score (nSPS) is 11.9. The molecule has 0 unspecified atom stereocenters. The number of rotatable bonds is 12. The van der Waals surface area contributed by atoms with Crippen molar-refractivity contribution in [2.45, 2.75) is 20.8 Å². The number of carbonyl (C=O) groups excluding carboxylic acids is 1. The second kappa shape index (κ2) is 10.3. The van der Waals surface area contributed by atoms with Gasteiger partial charge in [0.25, 0.3) is 0 Å². The van der Waals surface area contributed by atoms with E-state index in [0.29, 0.717) is 48.2 Å². The van der Waals surface area contributed by atoms with Gasteiger partial charge in [-0.3, -0.25) is 4.79 Å². The fraction of sp³-hybridized carbons (Fsp3) is 0.435. The van der Waals surface area contributed by atoms with Crippen molar-refractivity contribution in [3.05, 3.63) is 41.5 Å². The lowest BCUT2D eigenvalue weighted by atomic mass is 10.0. The van der Waals surface area contributed by atoms with Crippen molar-refractivity contribution < 1.29 is 19.0 Å². The van der Waals surface area contributed by atoms with Gasteiger partial charge in [0.15, 0.2) is 5.78 Å². The van der Waals surface area contributed by atoms with Gasteiger partial charge >= 0.3 is 0 Å². The maximum Gasteiger partial charge on any atom is 0.194 e. The van der Waals surface area contributed by atoms with E-state index in [-0.39, 0.29) is 5.78 Å². The Balaban J connectivity index is 1.94. The Labute approximate surface area is 172 Å². The lowest BCUT2D eigenvalue weighted by molar-refractivity contribution is 0.104. The van der Waals surface area contributed by atoms with E-state index in [1.54, 1.807) is 0 Å². The van der Waals surface area contributed by atoms with Gasteiger partial charge in [-0.25, -0.2) is 0 Å². The molecule has 0 aromatic heterocycles. The van der Waals surface area contributed by atoms with Crippen LogP contribution in [0.5, 0.6) is 17.2 Å². The minimum absolute atomic E-state index is 0.0229. The number of fused-ring (bicyclic) bond motifs is 3. The van der Waals surface area contributed by atoms with Crippen LogP contribution in [0.1, 0.15) is 36.7 Å². The van der Waals surface area contributed by atoms with Gasteiger partial charge in [-0.1, -0.05) is 26.0 Å². The summed E-state index contributed by atoms with van der Waals surface area (Å²) >= 11 is 0. The van der Waals surface area contributed by atoms with Gasteiger partial charge in [0.2, 0.25) is 0 Å². The maximum absolute atomic E-state index is 13.1. The highest BCUT2D eigenvalue weighted by Gasteiger charge is 2.33. The molecule has 0 radical (unpaired) electrons. The Kier molecular flexibility index (Phi) is 7.49. The smallest absolute Gasteiger partial charge is 0.194 e. The van der Waals surface area contributed by atoms with Crippen molar-refractivity contribution in [3.8, 4) is 28.4 Å². The molecule has 29 heavy (non-hydrogen) atoms. The van der Waals surface area contributed by atoms with Crippen LogP contribution in [-0.2, 0) is 0 Å². The molecule has 0 aliphatic heterocycles. The molecule has 156 valence electrons. The van der Waals surface area contributed by atoms with Crippen LogP contribution in [0.3, 0.4) is 0 Å². The second-order valence-electron chi connectivity index (χ2n) is 6.69. The van der Waals surface area contributed by atoms with E-state index in [1.807, 2.05) is 37.3 Å². The zero-order chi connectivity index (χ0) is 20.6. The van der Waals surface area contributed by atoms with Crippen LogP contribution in [0.2, 0.25) is 0 Å². The third kappa shape index (κ3) is 4.71. The van der Waals surface area contributed by atoms with Crippen LogP contribution in [0.4, 0.5) is 0 Å². The SMILES string of the molecule is CCNCCOc1cc(OCC)c2c(c1)C(=O)c1cccc(OCCNCC)c1-2. The van der Waals surface area contributed by atoms with Crippen molar-refractivity contribution in [1.82, 2.24) is 10.6 Å². The van der Waals surface area contributed by atoms with E-state index in [9.17, 15) is 4.79 Å². The van der Waals surface area contributed by atoms with Crippen LogP contribution in [0, 0.1) is 0 Å². The molecule has 2 aromatic carbocycles.